The molecule has 1 aliphatic heterocycles. The van der Waals surface area contributed by atoms with Crippen LogP contribution in [0.4, 0.5) is 10.2 Å². The molecule has 3 rings (SSSR count). The van der Waals surface area contributed by atoms with Crippen LogP contribution in [0.2, 0.25) is 0 Å². The summed E-state index contributed by atoms with van der Waals surface area (Å²) < 4.78 is 15.8. The van der Waals surface area contributed by atoms with Crippen molar-refractivity contribution in [1.29, 1.82) is 0 Å². The molecule has 8 nitrogen and oxygen atoms in total. The minimum absolute atomic E-state index is 0.183. The molecule has 9 heteroatoms. The summed E-state index contributed by atoms with van der Waals surface area (Å²) in [7, 11) is 0. The Morgan fingerprint density at radius 1 is 1.41 bits per heavy atom. The molecule has 0 saturated carbocycles. The maximum Gasteiger partial charge on any atom is 0.289 e. The molecular weight excluding hydrogens is 289 g/mol. The average Bonchev–Trinajstić information content (AvgIpc) is 2.94. The molecule has 0 saturated heterocycles. The molecule has 0 fully saturated rings. The summed E-state index contributed by atoms with van der Waals surface area (Å²) in [4.78, 5) is 19.4. The highest BCUT2D eigenvalue weighted by molar-refractivity contribution is 5.91. The van der Waals surface area contributed by atoms with Crippen LogP contribution < -0.4 is 10.6 Å². The highest BCUT2D eigenvalue weighted by Crippen LogP contribution is 2.13. The third-order valence-corrected chi connectivity index (χ3v) is 3.49. The van der Waals surface area contributed by atoms with E-state index in [1.54, 1.807) is 4.57 Å². The highest BCUT2D eigenvalue weighted by atomic mass is 19.1. The number of nitrogens with zero attached hydrogens (tertiary/aromatic N) is 5. The highest BCUT2D eigenvalue weighted by Gasteiger charge is 2.22. The standard InChI is InChI=1S/C13H16FN7O/c1-2-8-10(14)11(18-7-17-8)15-4-3-9-19-20-12-13(22)16-5-6-21(9)12/h7H,2-6H2,1H3,(H,16,22)(H,15,17,18). The van der Waals surface area contributed by atoms with Gasteiger partial charge in [-0.3, -0.25) is 4.79 Å². The van der Waals surface area contributed by atoms with Gasteiger partial charge in [0.05, 0.1) is 5.69 Å². The molecule has 2 N–H and O–H groups in total. The molecule has 2 aromatic heterocycles. The molecule has 116 valence electrons. The van der Waals surface area contributed by atoms with Crippen LogP contribution in [0.25, 0.3) is 0 Å². The normalized spacial score (nSPS) is 13.6. The Balaban J connectivity index is 1.66. The van der Waals surface area contributed by atoms with Crippen LogP contribution in [0, 0.1) is 5.82 Å². The number of nitrogens with one attached hydrogen (secondary N) is 2. The molecule has 0 atom stereocenters. The van der Waals surface area contributed by atoms with Crippen LogP contribution in [0.15, 0.2) is 6.33 Å². The first-order chi connectivity index (χ1) is 10.7. The maximum atomic E-state index is 14.0. The zero-order valence-electron chi connectivity index (χ0n) is 12.1. The summed E-state index contributed by atoms with van der Waals surface area (Å²) in [6.45, 7) is 3.48. The average molecular weight is 305 g/mol. The summed E-state index contributed by atoms with van der Waals surface area (Å²) in [5.41, 5.74) is 0.383. The summed E-state index contributed by atoms with van der Waals surface area (Å²) in [5, 5.41) is 13.5. The molecule has 0 bridgehead atoms. The molecule has 0 spiro atoms. The van der Waals surface area contributed by atoms with Crippen molar-refractivity contribution in [3.05, 3.63) is 29.5 Å². The maximum absolute atomic E-state index is 14.0. The number of hydrogen-bond donors (Lipinski definition) is 2. The summed E-state index contributed by atoms with van der Waals surface area (Å²) in [6, 6.07) is 0. The van der Waals surface area contributed by atoms with Crippen LogP contribution in [-0.2, 0) is 19.4 Å². The Hall–Kier alpha value is -2.58. The number of carbonyl (C=O) groups is 1. The molecule has 0 unspecified atom stereocenters. The number of hydrogen-bond acceptors (Lipinski definition) is 6. The van der Waals surface area contributed by atoms with E-state index in [0.29, 0.717) is 49.8 Å². The molecule has 2 aromatic rings. The predicted molar refractivity (Wildman–Crippen MR) is 75.9 cm³/mol. The number of aryl methyl sites for hydroxylation is 1. The van der Waals surface area contributed by atoms with Crippen LogP contribution in [0.1, 0.15) is 29.1 Å². The van der Waals surface area contributed by atoms with Gasteiger partial charge >= 0.3 is 0 Å². The van der Waals surface area contributed by atoms with Crippen molar-refractivity contribution in [2.45, 2.75) is 26.3 Å². The van der Waals surface area contributed by atoms with Gasteiger partial charge in [-0.05, 0) is 6.42 Å². The number of halogens is 1. The second-order valence-electron chi connectivity index (χ2n) is 4.86. The number of rotatable bonds is 5. The van der Waals surface area contributed by atoms with Gasteiger partial charge in [0.2, 0.25) is 5.82 Å². The third-order valence-electron chi connectivity index (χ3n) is 3.49. The van der Waals surface area contributed by atoms with Crippen molar-refractivity contribution >= 4 is 11.7 Å². The van der Waals surface area contributed by atoms with Crippen molar-refractivity contribution in [2.75, 3.05) is 18.4 Å². The Labute approximate surface area is 126 Å². The molecule has 3 heterocycles. The van der Waals surface area contributed by atoms with Crippen molar-refractivity contribution in [3.63, 3.8) is 0 Å². The van der Waals surface area contributed by atoms with Crippen LogP contribution in [0.5, 0.6) is 0 Å². The quantitative estimate of drug-likeness (QED) is 0.817. The van der Waals surface area contributed by atoms with Crippen molar-refractivity contribution in [3.8, 4) is 0 Å². The van der Waals surface area contributed by atoms with E-state index in [1.165, 1.54) is 6.33 Å². The van der Waals surface area contributed by atoms with Crippen molar-refractivity contribution in [1.82, 2.24) is 30.0 Å². The van der Waals surface area contributed by atoms with E-state index in [1.807, 2.05) is 6.92 Å². The smallest absolute Gasteiger partial charge is 0.289 e. The van der Waals surface area contributed by atoms with Gasteiger partial charge in [0.1, 0.15) is 12.2 Å². The lowest BCUT2D eigenvalue weighted by Crippen LogP contribution is -2.36. The SMILES string of the molecule is CCc1ncnc(NCCc2nnc3n2CCNC3=O)c1F. The van der Waals surface area contributed by atoms with E-state index < -0.39 is 5.82 Å². The van der Waals surface area contributed by atoms with E-state index in [0.717, 1.165) is 0 Å². The van der Waals surface area contributed by atoms with Crippen LogP contribution in [0.3, 0.4) is 0 Å². The second-order valence-corrected chi connectivity index (χ2v) is 4.86. The van der Waals surface area contributed by atoms with E-state index in [9.17, 15) is 9.18 Å². The summed E-state index contributed by atoms with van der Waals surface area (Å²) in [5.74, 6) is 0.563. The van der Waals surface area contributed by atoms with E-state index >= 15 is 0 Å². The number of carbonyl (C=O) groups excluding carboxylic acids is 1. The number of amides is 1. The molecule has 0 aromatic carbocycles. The topological polar surface area (TPSA) is 97.6 Å². The fourth-order valence-electron chi connectivity index (χ4n) is 2.35. The Kier molecular flexibility index (Phi) is 3.94. The number of anilines is 1. The van der Waals surface area contributed by atoms with E-state index in [4.69, 9.17) is 0 Å². The molecular formula is C13H16FN7O. The first-order valence-corrected chi connectivity index (χ1v) is 7.14. The zero-order valence-corrected chi connectivity index (χ0v) is 12.1. The van der Waals surface area contributed by atoms with Gasteiger partial charge in [0.15, 0.2) is 11.6 Å². The van der Waals surface area contributed by atoms with Crippen LogP contribution >= 0.6 is 0 Å². The van der Waals surface area contributed by atoms with Crippen molar-refractivity contribution < 1.29 is 9.18 Å². The second kappa shape index (κ2) is 6.04. The Morgan fingerprint density at radius 3 is 3.09 bits per heavy atom. The van der Waals surface area contributed by atoms with Gasteiger partial charge < -0.3 is 15.2 Å². The molecule has 1 amide bonds. The summed E-state index contributed by atoms with van der Waals surface area (Å²) in [6.07, 6.45) is 2.37. The van der Waals surface area contributed by atoms with Gasteiger partial charge in [-0.25, -0.2) is 14.4 Å². The first-order valence-electron chi connectivity index (χ1n) is 7.14. The largest absolute Gasteiger partial charge is 0.367 e. The minimum Gasteiger partial charge on any atom is -0.367 e. The number of aromatic nitrogens is 5. The van der Waals surface area contributed by atoms with Gasteiger partial charge in [-0.1, -0.05) is 6.92 Å². The molecule has 0 aliphatic carbocycles. The Morgan fingerprint density at radius 2 is 2.27 bits per heavy atom. The fraction of sp³-hybridized carbons (Fsp3) is 0.462. The number of fused-ring (bicyclic) bond motifs is 1. The van der Waals surface area contributed by atoms with E-state index in [2.05, 4.69) is 30.8 Å². The predicted octanol–water partition coefficient (Wildman–Crippen LogP) is 0.168. The summed E-state index contributed by atoms with van der Waals surface area (Å²) >= 11 is 0. The van der Waals surface area contributed by atoms with E-state index in [-0.39, 0.29) is 11.7 Å². The first kappa shape index (κ1) is 14.4. The Bertz CT molecular complexity index is 700. The van der Waals surface area contributed by atoms with Crippen LogP contribution in [-0.4, -0.2) is 43.7 Å². The van der Waals surface area contributed by atoms with Gasteiger partial charge in [0, 0.05) is 26.1 Å². The van der Waals surface area contributed by atoms with Crippen molar-refractivity contribution in [2.24, 2.45) is 0 Å². The monoisotopic (exact) mass is 305 g/mol. The van der Waals surface area contributed by atoms with Gasteiger partial charge in [0.25, 0.3) is 5.91 Å². The fourth-order valence-corrected chi connectivity index (χ4v) is 2.35. The molecule has 22 heavy (non-hydrogen) atoms. The lowest BCUT2D eigenvalue weighted by atomic mass is 10.3. The van der Waals surface area contributed by atoms with Gasteiger partial charge in [-0.15, -0.1) is 10.2 Å². The lowest BCUT2D eigenvalue weighted by molar-refractivity contribution is 0.0921. The lowest BCUT2D eigenvalue weighted by Gasteiger charge is -2.15. The molecule has 0 radical (unpaired) electrons. The minimum atomic E-state index is -0.423. The molecule has 1 aliphatic rings. The van der Waals surface area contributed by atoms with Gasteiger partial charge in [-0.2, -0.15) is 0 Å². The third kappa shape index (κ3) is 2.61. The zero-order chi connectivity index (χ0) is 15.5.